The van der Waals surface area contributed by atoms with Crippen molar-refractivity contribution in [1.29, 1.82) is 0 Å². The molecule has 0 unspecified atom stereocenters. The molecule has 0 aromatic heterocycles. The largest absolute Gasteiger partial charge is 0.343 e. The normalized spacial score (nSPS) is 18.5. The number of piperidine rings is 1. The Hall–Kier alpha value is -2.70. The zero-order valence-electron chi connectivity index (χ0n) is 20.2. The SMILES string of the molecule is CC(=Cc1ccccc1)C=C1SC(=S)N(CCCC(=O)N2CCC(Cc3ccccc3)CC2)C1=O. The van der Waals surface area contributed by atoms with Crippen LogP contribution in [0.2, 0.25) is 0 Å². The highest BCUT2D eigenvalue weighted by Gasteiger charge is 2.32. The molecule has 0 atom stereocenters. The number of likely N-dealkylation sites (tertiary alicyclic amines) is 1. The number of benzene rings is 2. The van der Waals surface area contributed by atoms with Crippen LogP contribution in [0.25, 0.3) is 6.08 Å². The van der Waals surface area contributed by atoms with E-state index >= 15 is 0 Å². The summed E-state index contributed by atoms with van der Waals surface area (Å²) in [4.78, 5) is 29.9. The predicted molar refractivity (Wildman–Crippen MR) is 149 cm³/mol. The molecular weight excluding hydrogens is 472 g/mol. The van der Waals surface area contributed by atoms with Crippen LogP contribution in [0.15, 0.2) is 77.2 Å². The molecule has 0 spiro atoms. The van der Waals surface area contributed by atoms with Crippen LogP contribution in [-0.2, 0) is 16.0 Å². The van der Waals surface area contributed by atoms with E-state index in [9.17, 15) is 9.59 Å². The number of thioether (sulfide) groups is 1. The van der Waals surface area contributed by atoms with Gasteiger partial charge in [-0.2, -0.15) is 0 Å². The Labute approximate surface area is 218 Å². The molecule has 2 aliphatic heterocycles. The molecule has 2 aliphatic rings. The maximum Gasteiger partial charge on any atom is 0.266 e. The van der Waals surface area contributed by atoms with E-state index < -0.39 is 0 Å². The summed E-state index contributed by atoms with van der Waals surface area (Å²) in [7, 11) is 0. The second-order valence-electron chi connectivity index (χ2n) is 9.25. The number of carbonyl (C=O) groups excluding carboxylic acids is 2. The molecule has 0 bridgehead atoms. The van der Waals surface area contributed by atoms with Gasteiger partial charge in [0.1, 0.15) is 4.32 Å². The summed E-state index contributed by atoms with van der Waals surface area (Å²) in [5.74, 6) is 0.767. The third-order valence-corrected chi connectivity index (χ3v) is 7.91. The van der Waals surface area contributed by atoms with E-state index in [4.69, 9.17) is 12.2 Å². The fraction of sp³-hybridized carbons (Fsp3) is 0.345. The highest BCUT2D eigenvalue weighted by Crippen LogP contribution is 2.32. The van der Waals surface area contributed by atoms with Gasteiger partial charge in [0.05, 0.1) is 4.91 Å². The van der Waals surface area contributed by atoms with Gasteiger partial charge < -0.3 is 4.90 Å². The molecule has 0 aliphatic carbocycles. The Morgan fingerprint density at radius 2 is 1.71 bits per heavy atom. The monoisotopic (exact) mass is 504 g/mol. The Bertz CT molecular complexity index is 1100. The molecule has 2 aromatic rings. The van der Waals surface area contributed by atoms with E-state index in [1.165, 1.54) is 17.3 Å². The average molecular weight is 505 g/mol. The zero-order valence-corrected chi connectivity index (χ0v) is 21.8. The number of amides is 2. The number of hydrogen-bond donors (Lipinski definition) is 0. The minimum atomic E-state index is -0.0602. The minimum absolute atomic E-state index is 0.0602. The van der Waals surface area contributed by atoms with Gasteiger partial charge in [-0.3, -0.25) is 14.5 Å². The molecule has 4 rings (SSSR count). The Morgan fingerprint density at radius 1 is 1.06 bits per heavy atom. The Morgan fingerprint density at radius 3 is 2.40 bits per heavy atom. The molecule has 2 aromatic carbocycles. The first-order valence-electron chi connectivity index (χ1n) is 12.3. The maximum atomic E-state index is 12.9. The molecule has 2 fully saturated rings. The van der Waals surface area contributed by atoms with Crippen molar-refractivity contribution in [1.82, 2.24) is 9.80 Å². The van der Waals surface area contributed by atoms with Crippen molar-refractivity contribution in [2.24, 2.45) is 5.92 Å². The number of carbonyl (C=O) groups is 2. The van der Waals surface area contributed by atoms with Crippen molar-refractivity contribution >= 4 is 46.2 Å². The van der Waals surface area contributed by atoms with Gasteiger partial charge in [-0.25, -0.2) is 0 Å². The van der Waals surface area contributed by atoms with E-state index in [0.717, 1.165) is 43.5 Å². The van der Waals surface area contributed by atoms with E-state index in [1.807, 2.05) is 60.4 Å². The fourth-order valence-electron chi connectivity index (χ4n) is 4.63. The first-order valence-corrected chi connectivity index (χ1v) is 13.5. The lowest BCUT2D eigenvalue weighted by Gasteiger charge is -2.32. The molecule has 182 valence electrons. The van der Waals surface area contributed by atoms with E-state index in [2.05, 4.69) is 24.3 Å². The molecule has 6 heteroatoms. The van der Waals surface area contributed by atoms with Crippen molar-refractivity contribution < 1.29 is 9.59 Å². The smallest absolute Gasteiger partial charge is 0.266 e. The lowest BCUT2D eigenvalue weighted by molar-refractivity contribution is -0.133. The molecule has 2 heterocycles. The van der Waals surface area contributed by atoms with Gasteiger partial charge in [-0.1, -0.05) is 90.7 Å². The van der Waals surface area contributed by atoms with Crippen molar-refractivity contribution in [3.05, 3.63) is 88.3 Å². The van der Waals surface area contributed by atoms with E-state index in [0.29, 0.717) is 34.5 Å². The van der Waals surface area contributed by atoms with Gasteiger partial charge in [0.15, 0.2) is 0 Å². The van der Waals surface area contributed by atoms with Crippen LogP contribution < -0.4 is 0 Å². The van der Waals surface area contributed by atoms with Crippen LogP contribution in [0.1, 0.15) is 43.7 Å². The lowest BCUT2D eigenvalue weighted by Crippen LogP contribution is -2.39. The van der Waals surface area contributed by atoms with Crippen LogP contribution >= 0.6 is 24.0 Å². The van der Waals surface area contributed by atoms with Crippen LogP contribution in [0.4, 0.5) is 0 Å². The topological polar surface area (TPSA) is 40.6 Å². The van der Waals surface area contributed by atoms with E-state index in [1.54, 1.807) is 4.90 Å². The van der Waals surface area contributed by atoms with E-state index in [-0.39, 0.29) is 11.8 Å². The summed E-state index contributed by atoms with van der Waals surface area (Å²) >= 11 is 6.80. The Kier molecular flexibility index (Phi) is 8.94. The molecule has 35 heavy (non-hydrogen) atoms. The van der Waals surface area contributed by atoms with Crippen molar-refractivity contribution in [2.75, 3.05) is 19.6 Å². The highest BCUT2D eigenvalue weighted by atomic mass is 32.2. The van der Waals surface area contributed by atoms with Crippen LogP contribution in [0.3, 0.4) is 0 Å². The number of thiocarbonyl (C=S) groups is 1. The minimum Gasteiger partial charge on any atom is -0.343 e. The average Bonchev–Trinajstić information content (AvgIpc) is 3.13. The van der Waals surface area contributed by atoms with Gasteiger partial charge in [0.25, 0.3) is 5.91 Å². The quantitative estimate of drug-likeness (QED) is 0.322. The standard InChI is InChI=1S/C29H32N2O2S2/c1-22(19-23-9-4-2-5-10-23)20-26-28(33)31(29(34)35-26)16-8-13-27(32)30-17-14-25(15-18-30)21-24-11-6-3-7-12-24/h2-7,9-12,19-20,25H,8,13-18,21H2,1H3. The molecule has 0 N–H and O–H groups in total. The number of hydrogen-bond acceptors (Lipinski definition) is 4. The van der Waals surface area contributed by atoms with Crippen molar-refractivity contribution in [3.63, 3.8) is 0 Å². The van der Waals surface area contributed by atoms with Gasteiger partial charge in [-0.15, -0.1) is 0 Å². The summed E-state index contributed by atoms with van der Waals surface area (Å²) < 4.78 is 0.572. The zero-order chi connectivity index (χ0) is 24.6. The van der Waals surface area contributed by atoms with Crippen LogP contribution in [-0.4, -0.2) is 45.6 Å². The third kappa shape index (κ3) is 7.15. The van der Waals surface area contributed by atoms with Gasteiger partial charge in [-0.05, 0) is 61.3 Å². The molecular formula is C29H32N2O2S2. The third-order valence-electron chi connectivity index (χ3n) is 6.53. The number of allylic oxidation sites excluding steroid dienone is 2. The molecule has 0 radical (unpaired) electrons. The molecule has 4 nitrogen and oxygen atoms in total. The Balaban J connectivity index is 1.22. The van der Waals surface area contributed by atoms with Crippen LogP contribution in [0, 0.1) is 5.92 Å². The highest BCUT2D eigenvalue weighted by molar-refractivity contribution is 8.26. The van der Waals surface area contributed by atoms with Gasteiger partial charge >= 0.3 is 0 Å². The summed E-state index contributed by atoms with van der Waals surface area (Å²) in [6.07, 6.45) is 8.22. The van der Waals surface area contributed by atoms with Gasteiger partial charge in [0.2, 0.25) is 5.91 Å². The van der Waals surface area contributed by atoms with Crippen molar-refractivity contribution in [3.8, 4) is 0 Å². The lowest BCUT2D eigenvalue weighted by atomic mass is 9.90. The van der Waals surface area contributed by atoms with Crippen LogP contribution in [0.5, 0.6) is 0 Å². The maximum absolute atomic E-state index is 12.9. The summed E-state index contributed by atoms with van der Waals surface area (Å²) in [5.41, 5.74) is 3.47. The number of rotatable bonds is 8. The first kappa shape index (κ1) is 25.4. The molecule has 2 saturated heterocycles. The van der Waals surface area contributed by atoms with Crippen molar-refractivity contribution in [2.45, 2.75) is 39.0 Å². The summed E-state index contributed by atoms with van der Waals surface area (Å²) in [6.45, 7) is 4.13. The summed E-state index contributed by atoms with van der Waals surface area (Å²) in [5, 5.41) is 0. The van der Waals surface area contributed by atoms with Gasteiger partial charge in [0, 0.05) is 26.1 Å². The molecule has 2 amide bonds. The number of nitrogens with zero attached hydrogens (tertiary/aromatic N) is 2. The fourth-order valence-corrected chi connectivity index (χ4v) is 5.99. The molecule has 0 saturated carbocycles. The second kappa shape index (κ2) is 12.3. The second-order valence-corrected chi connectivity index (χ2v) is 10.9. The summed E-state index contributed by atoms with van der Waals surface area (Å²) in [6, 6.07) is 20.6. The first-order chi connectivity index (χ1) is 17.0. The predicted octanol–water partition coefficient (Wildman–Crippen LogP) is 6.10.